The molecular formula is C24H29N5. The Morgan fingerprint density at radius 2 is 1.72 bits per heavy atom. The van der Waals surface area contributed by atoms with Crippen LogP contribution in [-0.2, 0) is 12.8 Å². The van der Waals surface area contributed by atoms with E-state index in [0.717, 1.165) is 60.4 Å². The molecule has 1 aliphatic heterocycles. The van der Waals surface area contributed by atoms with Gasteiger partial charge in [-0.05, 0) is 74.9 Å². The van der Waals surface area contributed by atoms with Crippen molar-refractivity contribution in [1.29, 1.82) is 5.26 Å². The van der Waals surface area contributed by atoms with Crippen molar-refractivity contribution in [3.05, 3.63) is 41.0 Å². The highest BCUT2D eigenvalue weighted by molar-refractivity contribution is 5.86. The number of fused-ring (bicyclic) bond motifs is 4. The second-order valence-electron chi connectivity index (χ2n) is 8.44. The molecular weight excluding hydrogens is 358 g/mol. The van der Waals surface area contributed by atoms with E-state index in [4.69, 9.17) is 4.98 Å². The fraction of sp³-hybridized carbons (Fsp3) is 0.500. The highest BCUT2D eigenvalue weighted by atomic mass is 15.2. The number of rotatable bonds is 4. The summed E-state index contributed by atoms with van der Waals surface area (Å²) in [4.78, 5) is 7.45. The molecule has 3 heterocycles. The Bertz CT molecular complexity index is 1070. The predicted octanol–water partition coefficient (Wildman–Crippen LogP) is 4.53. The SMILES string of the molecule is N#Cc1c2c(c(NCCN3CCCCCC3)n3c1nc1ccccc13)CCCC2. The van der Waals surface area contributed by atoms with Gasteiger partial charge in [-0.15, -0.1) is 0 Å². The highest BCUT2D eigenvalue weighted by Crippen LogP contribution is 2.35. The summed E-state index contributed by atoms with van der Waals surface area (Å²) in [6.07, 6.45) is 9.76. The molecule has 0 bridgehead atoms. The van der Waals surface area contributed by atoms with Crippen molar-refractivity contribution in [1.82, 2.24) is 14.3 Å². The minimum absolute atomic E-state index is 0.772. The normalized spacial score (nSPS) is 17.8. The molecule has 0 unspecified atom stereocenters. The van der Waals surface area contributed by atoms with E-state index in [1.165, 1.54) is 56.3 Å². The number of para-hydroxylation sites is 2. The van der Waals surface area contributed by atoms with Gasteiger partial charge in [-0.1, -0.05) is 25.0 Å². The molecule has 2 aromatic heterocycles. The van der Waals surface area contributed by atoms with Crippen LogP contribution in [-0.4, -0.2) is 40.5 Å². The van der Waals surface area contributed by atoms with Crippen LogP contribution in [0.15, 0.2) is 24.3 Å². The molecule has 5 nitrogen and oxygen atoms in total. The number of nitriles is 1. The number of hydrogen-bond donors (Lipinski definition) is 1. The average Bonchev–Trinajstić information content (AvgIpc) is 2.94. The van der Waals surface area contributed by atoms with E-state index >= 15 is 0 Å². The van der Waals surface area contributed by atoms with E-state index in [2.05, 4.69) is 32.8 Å². The molecule has 2 aliphatic rings. The number of anilines is 1. The van der Waals surface area contributed by atoms with Gasteiger partial charge < -0.3 is 10.2 Å². The number of likely N-dealkylation sites (tertiary alicyclic amines) is 1. The van der Waals surface area contributed by atoms with E-state index in [1.54, 1.807) is 0 Å². The summed E-state index contributed by atoms with van der Waals surface area (Å²) in [5, 5.41) is 13.7. The summed E-state index contributed by atoms with van der Waals surface area (Å²) in [7, 11) is 0. The Kier molecular flexibility index (Phi) is 5.12. The molecule has 1 aromatic carbocycles. The molecule has 1 fully saturated rings. The number of nitrogens with zero attached hydrogens (tertiary/aromatic N) is 4. The predicted molar refractivity (Wildman–Crippen MR) is 117 cm³/mol. The first-order valence-corrected chi connectivity index (χ1v) is 11.2. The maximum Gasteiger partial charge on any atom is 0.157 e. The number of aromatic nitrogens is 2. The number of hydrogen-bond acceptors (Lipinski definition) is 4. The second-order valence-corrected chi connectivity index (χ2v) is 8.44. The first-order valence-electron chi connectivity index (χ1n) is 11.2. The zero-order valence-electron chi connectivity index (χ0n) is 17.1. The van der Waals surface area contributed by atoms with Gasteiger partial charge in [-0.25, -0.2) is 4.98 Å². The monoisotopic (exact) mass is 387 g/mol. The van der Waals surface area contributed by atoms with Gasteiger partial charge in [0.2, 0.25) is 0 Å². The molecule has 0 amide bonds. The Morgan fingerprint density at radius 3 is 2.52 bits per heavy atom. The summed E-state index contributed by atoms with van der Waals surface area (Å²) < 4.78 is 2.21. The Hall–Kier alpha value is -2.58. The topological polar surface area (TPSA) is 56.4 Å². The lowest BCUT2D eigenvalue weighted by atomic mass is 9.89. The number of nitrogens with one attached hydrogen (secondary N) is 1. The molecule has 1 aliphatic carbocycles. The molecule has 1 N–H and O–H groups in total. The fourth-order valence-electron chi connectivity index (χ4n) is 5.13. The van der Waals surface area contributed by atoms with Gasteiger partial charge in [0, 0.05) is 13.1 Å². The summed E-state index contributed by atoms with van der Waals surface area (Å²) in [6.45, 7) is 4.44. The minimum atomic E-state index is 0.772. The third-order valence-corrected chi connectivity index (χ3v) is 6.59. The smallest absolute Gasteiger partial charge is 0.157 e. The van der Waals surface area contributed by atoms with E-state index in [-0.39, 0.29) is 0 Å². The zero-order chi connectivity index (χ0) is 19.6. The van der Waals surface area contributed by atoms with Crippen molar-refractivity contribution >= 4 is 22.5 Å². The molecule has 1 saturated heterocycles. The number of imidazole rings is 1. The Labute approximate surface area is 172 Å². The molecule has 29 heavy (non-hydrogen) atoms. The van der Waals surface area contributed by atoms with Crippen LogP contribution in [0.25, 0.3) is 16.7 Å². The van der Waals surface area contributed by atoms with Crippen LogP contribution in [0.2, 0.25) is 0 Å². The first-order chi connectivity index (χ1) is 14.4. The maximum absolute atomic E-state index is 9.95. The van der Waals surface area contributed by atoms with Crippen molar-refractivity contribution in [3.63, 3.8) is 0 Å². The van der Waals surface area contributed by atoms with Crippen LogP contribution in [0.1, 0.15) is 55.2 Å². The van der Waals surface area contributed by atoms with E-state index in [9.17, 15) is 5.26 Å². The maximum atomic E-state index is 9.95. The van der Waals surface area contributed by atoms with Crippen LogP contribution in [0, 0.1) is 11.3 Å². The third-order valence-electron chi connectivity index (χ3n) is 6.59. The lowest BCUT2D eigenvalue weighted by Crippen LogP contribution is -2.30. The highest BCUT2D eigenvalue weighted by Gasteiger charge is 2.24. The molecule has 150 valence electrons. The summed E-state index contributed by atoms with van der Waals surface area (Å²) in [6, 6.07) is 10.7. The molecule has 3 aromatic rings. The van der Waals surface area contributed by atoms with Gasteiger partial charge in [-0.2, -0.15) is 5.26 Å². The van der Waals surface area contributed by atoms with E-state index in [1.807, 2.05) is 12.1 Å². The van der Waals surface area contributed by atoms with Gasteiger partial charge in [0.15, 0.2) is 5.65 Å². The number of pyridine rings is 1. The number of benzene rings is 1. The van der Waals surface area contributed by atoms with Crippen molar-refractivity contribution in [2.45, 2.75) is 51.4 Å². The van der Waals surface area contributed by atoms with Crippen molar-refractivity contribution < 1.29 is 0 Å². The second kappa shape index (κ2) is 8.04. The fourth-order valence-corrected chi connectivity index (χ4v) is 5.13. The molecule has 5 heteroatoms. The molecule has 0 radical (unpaired) electrons. The minimum Gasteiger partial charge on any atom is -0.370 e. The van der Waals surface area contributed by atoms with Crippen molar-refractivity contribution in [2.24, 2.45) is 0 Å². The molecule has 0 spiro atoms. The van der Waals surface area contributed by atoms with Crippen LogP contribution in [0.3, 0.4) is 0 Å². The van der Waals surface area contributed by atoms with Gasteiger partial charge in [0.1, 0.15) is 11.9 Å². The van der Waals surface area contributed by atoms with Gasteiger partial charge in [0.05, 0.1) is 16.6 Å². The quantitative estimate of drug-likeness (QED) is 0.715. The third kappa shape index (κ3) is 3.36. The Morgan fingerprint density at radius 1 is 0.966 bits per heavy atom. The van der Waals surface area contributed by atoms with Crippen molar-refractivity contribution in [3.8, 4) is 6.07 Å². The van der Waals surface area contributed by atoms with Crippen LogP contribution in [0.5, 0.6) is 0 Å². The summed E-state index contributed by atoms with van der Waals surface area (Å²) >= 11 is 0. The largest absolute Gasteiger partial charge is 0.370 e. The molecule has 0 saturated carbocycles. The van der Waals surface area contributed by atoms with E-state index in [0.29, 0.717) is 0 Å². The summed E-state index contributed by atoms with van der Waals surface area (Å²) in [5.41, 5.74) is 6.19. The lowest BCUT2D eigenvalue weighted by molar-refractivity contribution is 0.296. The zero-order valence-corrected chi connectivity index (χ0v) is 17.1. The van der Waals surface area contributed by atoms with Gasteiger partial charge in [-0.3, -0.25) is 4.40 Å². The van der Waals surface area contributed by atoms with Crippen LogP contribution < -0.4 is 5.32 Å². The summed E-state index contributed by atoms with van der Waals surface area (Å²) in [5.74, 6) is 1.16. The standard InChI is InChI=1S/C24H29N5/c25-17-20-18-9-3-4-10-19(18)23(26-13-16-28-14-7-1-2-8-15-28)29-22-12-6-5-11-21(22)27-24(20)29/h5-6,11-12,26H,1-4,7-10,13-16H2. The van der Waals surface area contributed by atoms with Crippen LogP contribution >= 0.6 is 0 Å². The molecule has 0 atom stereocenters. The van der Waals surface area contributed by atoms with Gasteiger partial charge in [0.25, 0.3) is 0 Å². The van der Waals surface area contributed by atoms with Crippen molar-refractivity contribution in [2.75, 3.05) is 31.5 Å². The first kappa shape index (κ1) is 18.4. The lowest BCUT2D eigenvalue weighted by Gasteiger charge is -2.25. The Balaban J connectivity index is 1.56. The molecule has 5 rings (SSSR count). The van der Waals surface area contributed by atoms with Crippen LogP contribution in [0.4, 0.5) is 5.82 Å². The van der Waals surface area contributed by atoms with Gasteiger partial charge >= 0.3 is 0 Å². The van der Waals surface area contributed by atoms with E-state index < -0.39 is 0 Å². The average molecular weight is 388 g/mol.